The molecule has 1 amide bonds. The molecule has 3 N–H and O–H groups in total. The molecule has 146 valence electrons. The molecule has 4 rings (SSSR count). The van der Waals surface area contributed by atoms with Gasteiger partial charge in [-0.1, -0.05) is 23.4 Å². The van der Waals surface area contributed by atoms with Gasteiger partial charge in [-0.3, -0.25) is 4.79 Å². The Hall–Kier alpha value is -2.16. The zero-order chi connectivity index (χ0) is 19.7. The third kappa shape index (κ3) is 3.59. The molecule has 2 aromatic rings. The van der Waals surface area contributed by atoms with Gasteiger partial charge in [0.05, 0.1) is 11.6 Å². The summed E-state index contributed by atoms with van der Waals surface area (Å²) in [6.45, 7) is 0.870. The number of pyridine rings is 1. The molecule has 2 atom stereocenters. The molecule has 0 saturated carbocycles. The molecule has 1 aromatic heterocycles. The Morgan fingerprint density at radius 2 is 2.25 bits per heavy atom. The van der Waals surface area contributed by atoms with Crippen LogP contribution in [0.5, 0.6) is 0 Å². The van der Waals surface area contributed by atoms with Crippen molar-refractivity contribution >= 4 is 40.1 Å². The van der Waals surface area contributed by atoms with Crippen LogP contribution in [0.3, 0.4) is 0 Å². The second-order valence-electron chi connectivity index (χ2n) is 6.73. The third-order valence-corrected chi connectivity index (χ3v) is 6.18. The number of amides is 1. The molecule has 0 bridgehead atoms. The number of benzene rings is 1. The van der Waals surface area contributed by atoms with Crippen molar-refractivity contribution in [3.05, 3.63) is 58.6 Å². The number of carbonyl (C=O) groups excluding carboxylic acids is 1. The van der Waals surface area contributed by atoms with Gasteiger partial charge in [-0.05, 0) is 36.8 Å². The number of hydrogen-bond donors (Lipinski definition) is 2. The molecule has 1 fully saturated rings. The first-order chi connectivity index (χ1) is 13.5. The number of rotatable bonds is 3. The Morgan fingerprint density at radius 1 is 1.39 bits per heavy atom. The molecule has 2 aliphatic rings. The monoisotopic (exact) mass is 420 g/mol. The van der Waals surface area contributed by atoms with Crippen molar-refractivity contribution < 1.29 is 13.9 Å². The minimum Gasteiger partial charge on any atom is -0.379 e. The van der Waals surface area contributed by atoms with Crippen LogP contribution in [0.25, 0.3) is 0 Å². The Morgan fingerprint density at radius 3 is 3.04 bits per heavy atom. The second kappa shape index (κ2) is 7.69. The standard InChI is InChI=1S/C19H18ClFN4O2S/c20-12-1-4-16(23-8-12)17(26)24-13-2-3-15(21)14(7-13)19-10-27-6-5-11(19)9-28-18(22)25-19/h1-4,7-8,11H,5-6,9-10H2,(H2,22,25)(H,24,26)/t11-,19-/m0/s1. The number of anilines is 1. The molecule has 0 aliphatic carbocycles. The maximum absolute atomic E-state index is 14.8. The van der Waals surface area contributed by atoms with Crippen LogP contribution in [0.15, 0.2) is 41.5 Å². The van der Waals surface area contributed by atoms with E-state index in [0.717, 1.165) is 12.2 Å². The molecule has 2 aliphatic heterocycles. The van der Waals surface area contributed by atoms with E-state index < -0.39 is 17.3 Å². The highest BCUT2D eigenvalue weighted by Crippen LogP contribution is 2.45. The summed E-state index contributed by atoms with van der Waals surface area (Å²) in [5.41, 5.74) is 6.13. The SMILES string of the molecule is NC1=N[C@@]2(c3cc(NC(=O)c4ccc(Cl)cn4)ccc3F)COCC[C@H]2CS1. The molecule has 9 heteroatoms. The number of nitrogens with zero attached hydrogens (tertiary/aromatic N) is 2. The second-order valence-corrected chi connectivity index (χ2v) is 8.21. The highest BCUT2D eigenvalue weighted by molar-refractivity contribution is 8.13. The van der Waals surface area contributed by atoms with Gasteiger partial charge in [0.2, 0.25) is 0 Å². The largest absolute Gasteiger partial charge is 0.379 e. The Labute approximate surface area is 170 Å². The van der Waals surface area contributed by atoms with Crippen molar-refractivity contribution in [1.82, 2.24) is 4.98 Å². The number of hydrogen-bond acceptors (Lipinski definition) is 6. The summed E-state index contributed by atoms with van der Waals surface area (Å²) >= 11 is 7.28. The maximum Gasteiger partial charge on any atom is 0.274 e. The average molecular weight is 421 g/mol. The van der Waals surface area contributed by atoms with E-state index in [9.17, 15) is 9.18 Å². The summed E-state index contributed by atoms with van der Waals surface area (Å²) in [5.74, 6) is 0.0487. The van der Waals surface area contributed by atoms with E-state index in [0.29, 0.717) is 28.0 Å². The number of thioether (sulfide) groups is 1. The Balaban J connectivity index is 1.68. The van der Waals surface area contributed by atoms with Gasteiger partial charge < -0.3 is 15.8 Å². The van der Waals surface area contributed by atoms with E-state index >= 15 is 0 Å². The van der Waals surface area contributed by atoms with Crippen molar-refractivity contribution in [3.8, 4) is 0 Å². The lowest BCUT2D eigenvalue weighted by Gasteiger charge is -2.43. The number of halogens is 2. The molecule has 6 nitrogen and oxygen atoms in total. The van der Waals surface area contributed by atoms with Crippen LogP contribution >= 0.6 is 23.4 Å². The molecular formula is C19H18ClFN4O2S. The van der Waals surface area contributed by atoms with Gasteiger partial charge in [0.1, 0.15) is 17.1 Å². The number of amidine groups is 1. The van der Waals surface area contributed by atoms with Crippen LogP contribution in [0, 0.1) is 11.7 Å². The minimum atomic E-state index is -0.878. The van der Waals surface area contributed by atoms with Crippen molar-refractivity contribution in [1.29, 1.82) is 0 Å². The first-order valence-electron chi connectivity index (χ1n) is 8.77. The first kappa shape index (κ1) is 19.2. The zero-order valence-electron chi connectivity index (χ0n) is 14.8. The fraction of sp³-hybridized carbons (Fsp3) is 0.316. The number of fused-ring (bicyclic) bond motifs is 1. The lowest BCUT2D eigenvalue weighted by atomic mass is 9.76. The predicted octanol–water partition coefficient (Wildman–Crippen LogP) is 3.42. The molecule has 0 unspecified atom stereocenters. The smallest absolute Gasteiger partial charge is 0.274 e. The van der Waals surface area contributed by atoms with Gasteiger partial charge in [0.15, 0.2) is 5.17 Å². The number of aliphatic imine (C=N–C) groups is 1. The summed E-state index contributed by atoms with van der Waals surface area (Å²) in [4.78, 5) is 21.1. The van der Waals surface area contributed by atoms with Crippen molar-refractivity contribution in [2.45, 2.75) is 12.0 Å². The van der Waals surface area contributed by atoms with Crippen molar-refractivity contribution in [2.75, 3.05) is 24.3 Å². The van der Waals surface area contributed by atoms with E-state index in [1.54, 1.807) is 12.1 Å². The first-order valence-corrected chi connectivity index (χ1v) is 10.1. The molecule has 1 saturated heterocycles. The maximum atomic E-state index is 14.8. The van der Waals surface area contributed by atoms with Gasteiger partial charge in [-0.15, -0.1) is 0 Å². The quantitative estimate of drug-likeness (QED) is 0.794. The van der Waals surface area contributed by atoms with E-state index in [1.807, 2.05) is 0 Å². The number of carbonyl (C=O) groups is 1. The van der Waals surface area contributed by atoms with Crippen LogP contribution in [0.2, 0.25) is 5.02 Å². The summed E-state index contributed by atoms with van der Waals surface area (Å²) in [7, 11) is 0. The highest BCUT2D eigenvalue weighted by atomic mass is 35.5. The van der Waals surface area contributed by atoms with Crippen LogP contribution in [-0.4, -0.2) is 35.0 Å². The fourth-order valence-electron chi connectivity index (χ4n) is 3.57. The summed E-state index contributed by atoms with van der Waals surface area (Å²) in [6, 6.07) is 7.55. The summed E-state index contributed by atoms with van der Waals surface area (Å²) in [5, 5.41) is 3.61. The summed E-state index contributed by atoms with van der Waals surface area (Å²) in [6.07, 6.45) is 2.17. The zero-order valence-corrected chi connectivity index (χ0v) is 16.4. The van der Waals surface area contributed by atoms with E-state index in [2.05, 4.69) is 15.3 Å². The number of aromatic nitrogens is 1. The van der Waals surface area contributed by atoms with Gasteiger partial charge in [0, 0.05) is 35.7 Å². The van der Waals surface area contributed by atoms with Crippen LogP contribution in [0.4, 0.5) is 10.1 Å². The number of ether oxygens (including phenoxy) is 1. The lowest BCUT2D eigenvalue weighted by molar-refractivity contribution is 0.00304. The van der Waals surface area contributed by atoms with Gasteiger partial charge in [-0.25, -0.2) is 14.4 Å². The average Bonchev–Trinajstić information content (AvgIpc) is 2.69. The normalized spacial score (nSPS) is 24.2. The van der Waals surface area contributed by atoms with Crippen LogP contribution < -0.4 is 11.1 Å². The van der Waals surface area contributed by atoms with E-state index in [4.69, 9.17) is 22.1 Å². The fourth-order valence-corrected chi connectivity index (χ4v) is 4.72. The predicted molar refractivity (Wildman–Crippen MR) is 108 cm³/mol. The summed E-state index contributed by atoms with van der Waals surface area (Å²) < 4.78 is 20.5. The number of nitrogens with one attached hydrogen (secondary N) is 1. The van der Waals surface area contributed by atoms with Crippen LogP contribution in [0.1, 0.15) is 22.5 Å². The van der Waals surface area contributed by atoms with Gasteiger partial charge in [-0.2, -0.15) is 0 Å². The van der Waals surface area contributed by atoms with Gasteiger partial charge >= 0.3 is 0 Å². The lowest BCUT2D eigenvalue weighted by Crippen LogP contribution is -2.48. The molecular weight excluding hydrogens is 403 g/mol. The van der Waals surface area contributed by atoms with Crippen molar-refractivity contribution in [2.24, 2.45) is 16.6 Å². The van der Waals surface area contributed by atoms with Gasteiger partial charge in [0.25, 0.3) is 5.91 Å². The van der Waals surface area contributed by atoms with E-state index in [-0.39, 0.29) is 18.2 Å². The highest BCUT2D eigenvalue weighted by Gasteiger charge is 2.47. The molecule has 3 heterocycles. The number of nitrogens with two attached hydrogens (primary N) is 1. The van der Waals surface area contributed by atoms with Crippen molar-refractivity contribution in [3.63, 3.8) is 0 Å². The molecule has 0 radical (unpaired) electrons. The Kier molecular flexibility index (Phi) is 5.27. The van der Waals surface area contributed by atoms with E-state index in [1.165, 1.54) is 36.2 Å². The topological polar surface area (TPSA) is 89.6 Å². The molecule has 28 heavy (non-hydrogen) atoms. The molecule has 1 aromatic carbocycles. The molecule has 0 spiro atoms. The third-order valence-electron chi connectivity index (χ3n) is 5.00. The Bertz CT molecular complexity index is 940. The van der Waals surface area contributed by atoms with Crippen LogP contribution in [-0.2, 0) is 10.3 Å². The minimum absolute atomic E-state index is 0.108.